The van der Waals surface area contributed by atoms with Crippen LogP contribution in [0.3, 0.4) is 0 Å². The number of fused-ring (bicyclic) bond motifs is 1. The SMILES string of the molecule is COc1c(-c2ccc(Oc3ccccc3)cc2)c(C)nc2ccccc12. The van der Waals surface area contributed by atoms with E-state index < -0.39 is 0 Å². The Labute approximate surface area is 152 Å². The molecule has 1 heterocycles. The molecule has 0 aliphatic carbocycles. The van der Waals surface area contributed by atoms with Gasteiger partial charge in [-0.3, -0.25) is 4.98 Å². The van der Waals surface area contributed by atoms with Gasteiger partial charge in [-0.25, -0.2) is 0 Å². The summed E-state index contributed by atoms with van der Waals surface area (Å²) in [7, 11) is 1.71. The molecule has 0 unspecified atom stereocenters. The highest BCUT2D eigenvalue weighted by atomic mass is 16.5. The van der Waals surface area contributed by atoms with Gasteiger partial charge in [-0.15, -0.1) is 0 Å². The van der Waals surface area contributed by atoms with Crippen molar-refractivity contribution >= 4 is 10.9 Å². The normalized spacial score (nSPS) is 10.7. The summed E-state index contributed by atoms with van der Waals surface area (Å²) >= 11 is 0. The average Bonchev–Trinajstić information content (AvgIpc) is 2.68. The van der Waals surface area contributed by atoms with Crippen LogP contribution < -0.4 is 9.47 Å². The van der Waals surface area contributed by atoms with Gasteiger partial charge in [0.1, 0.15) is 17.2 Å². The van der Waals surface area contributed by atoms with Crippen molar-refractivity contribution in [1.29, 1.82) is 0 Å². The smallest absolute Gasteiger partial charge is 0.137 e. The number of nitrogens with zero attached hydrogens (tertiary/aromatic N) is 1. The second kappa shape index (κ2) is 6.89. The Morgan fingerprint density at radius 2 is 1.38 bits per heavy atom. The number of hydrogen-bond acceptors (Lipinski definition) is 3. The number of methoxy groups -OCH3 is 1. The minimum atomic E-state index is 0.797. The van der Waals surface area contributed by atoms with Crippen LogP contribution in [0.4, 0.5) is 0 Å². The van der Waals surface area contributed by atoms with E-state index in [2.05, 4.69) is 0 Å². The van der Waals surface area contributed by atoms with Crippen LogP contribution in [-0.4, -0.2) is 12.1 Å². The summed E-state index contributed by atoms with van der Waals surface area (Å²) in [6.07, 6.45) is 0. The molecule has 0 spiro atoms. The van der Waals surface area contributed by atoms with Crippen LogP contribution in [0, 0.1) is 6.92 Å². The van der Waals surface area contributed by atoms with Gasteiger partial charge in [0.2, 0.25) is 0 Å². The van der Waals surface area contributed by atoms with E-state index in [0.29, 0.717) is 0 Å². The van der Waals surface area contributed by atoms with Crippen molar-refractivity contribution in [2.24, 2.45) is 0 Å². The topological polar surface area (TPSA) is 31.4 Å². The predicted octanol–water partition coefficient (Wildman–Crippen LogP) is 6.01. The van der Waals surface area contributed by atoms with Crippen LogP contribution in [0.2, 0.25) is 0 Å². The van der Waals surface area contributed by atoms with E-state index in [-0.39, 0.29) is 0 Å². The highest BCUT2D eigenvalue weighted by Crippen LogP contribution is 2.38. The summed E-state index contributed by atoms with van der Waals surface area (Å²) in [5.74, 6) is 2.47. The molecule has 4 aromatic rings. The van der Waals surface area contributed by atoms with E-state index in [1.165, 1.54) is 0 Å². The number of pyridine rings is 1. The largest absolute Gasteiger partial charge is 0.495 e. The minimum Gasteiger partial charge on any atom is -0.495 e. The van der Waals surface area contributed by atoms with Gasteiger partial charge in [0.05, 0.1) is 12.6 Å². The Bertz CT molecular complexity index is 1040. The van der Waals surface area contributed by atoms with Crippen LogP contribution in [0.1, 0.15) is 5.69 Å². The summed E-state index contributed by atoms with van der Waals surface area (Å²) in [5, 5.41) is 1.01. The van der Waals surface area contributed by atoms with Gasteiger partial charge in [0, 0.05) is 16.6 Å². The predicted molar refractivity (Wildman–Crippen MR) is 105 cm³/mol. The molecule has 26 heavy (non-hydrogen) atoms. The third-order valence-electron chi connectivity index (χ3n) is 4.35. The van der Waals surface area contributed by atoms with Crippen molar-refractivity contribution in [3.05, 3.63) is 84.6 Å². The zero-order valence-corrected chi connectivity index (χ0v) is 14.8. The maximum Gasteiger partial charge on any atom is 0.137 e. The zero-order chi connectivity index (χ0) is 17.9. The van der Waals surface area contributed by atoms with Crippen molar-refractivity contribution in [2.45, 2.75) is 6.92 Å². The summed E-state index contributed by atoms with van der Waals surface area (Å²) < 4.78 is 11.6. The lowest BCUT2D eigenvalue weighted by Crippen LogP contribution is -1.96. The van der Waals surface area contributed by atoms with E-state index in [1.54, 1.807) is 7.11 Å². The van der Waals surface area contributed by atoms with Gasteiger partial charge in [-0.05, 0) is 48.9 Å². The lowest BCUT2D eigenvalue weighted by molar-refractivity contribution is 0.421. The molecule has 1 aromatic heterocycles. The summed E-state index contributed by atoms with van der Waals surface area (Å²) in [4.78, 5) is 4.74. The van der Waals surface area contributed by atoms with Gasteiger partial charge < -0.3 is 9.47 Å². The molecule has 0 atom stereocenters. The molecule has 0 aliphatic rings. The van der Waals surface area contributed by atoms with Gasteiger partial charge in [0.25, 0.3) is 0 Å². The van der Waals surface area contributed by atoms with Gasteiger partial charge >= 0.3 is 0 Å². The van der Waals surface area contributed by atoms with Crippen LogP contribution in [-0.2, 0) is 0 Å². The Balaban J connectivity index is 1.74. The Kier molecular flexibility index (Phi) is 4.28. The Morgan fingerprint density at radius 3 is 2.12 bits per heavy atom. The summed E-state index contributed by atoms with van der Waals surface area (Å²) in [5.41, 5.74) is 3.95. The third kappa shape index (κ3) is 3.00. The fraction of sp³-hybridized carbons (Fsp3) is 0.0870. The fourth-order valence-electron chi connectivity index (χ4n) is 3.16. The van der Waals surface area contributed by atoms with Crippen molar-refractivity contribution in [2.75, 3.05) is 7.11 Å². The standard InChI is InChI=1S/C23H19NO2/c1-16-22(23(25-2)20-10-6-7-11-21(20)24-16)17-12-14-19(15-13-17)26-18-8-4-3-5-9-18/h3-15H,1-2H3. The quantitative estimate of drug-likeness (QED) is 0.455. The van der Waals surface area contributed by atoms with E-state index in [0.717, 1.165) is 45.0 Å². The number of rotatable bonds is 4. The summed E-state index contributed by atoms with van der Waals surface area (Å²) in [6, 6.07) is 25.8. The first-order valence-corrected chi connectivity index (χ1v) is 8.53. The molecular weight excluding hydrogens is 322 g/mol. The van der Waals surface area contributed by atoms with Crippen molar-refractivity contribution in [3.8, 4) is 28.4 Å². The Hall–Kier alpha value is -3.33. The lowest BCUT2D eigenvalue weighted by atomic mass is 10.00. The molecule has 3 aromatic carbocycles. The maximum absolute atomic E-state index is 5.88. The van der Waals surface area contributed by atoms with E-state index >= 15 is 0 Å². The molecule has 3 heteroatoms. The molecule has 0 fully saturated rings. The number of hydrogen-bond donors (Lipinski definition) is 0. The van der Waals surface area contributed by atoms with Crippen molar-refractivity contribution in [1.82, 2.24) is 4.98 Å². The van der Waals surface area contributed by atoms with E-state index in [1.807, 2.05) is 85.8 Å². The molecule has 0 N–H and O–H groups in total. The highest BCUT2D eigenvalue weighted by molar-refractivity contribution is 5.93. The van der Waals surface area contributed by atoms with Crippen LogP contribution in [0.5, 0.6) is 17.2 Å². The number of aromatic nitrogens is 1. The average molecular weight is 341 g/mol. The second-order valence-electron chi connectivity index (χ2n) is 6.06. The van der Waals surface area contributed by atoms with Crippen molar-refractivity contribution in [3.63, 3.8) is 0 Å². The summed E-state index contributed by atoms with van der Waals surface area (Å²) in [6.45, 7) is 2.01. The van der Waals surface area contributed by atoms with Gasteiger partial charge in [-0.1, -0.05) is 42.5 Å². The van der Waals surface area contributed by atoms with Gasteiger partial charge in [-0.2, -0.15) is 0 Å². The molecule has 0 saturated heterocycles. The first kappa shape index (κ1) is 16.2. The second-order valence-corrected chi connectivity index (χ2v) is 6.06. The zero-order valence-electron chi connectivity index (χ0n) is 14.8. The number of ether oxygens (including phenoxy) is 2. The minimum absolute atomic E-state index is 0.797. The monoisotopic (exact) mass is 341 g/mol. The highest BCUT2D eigenvalue weighted by Gasteiger charge is 2.15. The van der Waals surface area contributed by atoms with Gasteiger partial charge in [0.15, 0.2) is 0 Å². The number of aryl methyl sites for hydroxylation is 1. The molecule has 0 bridgehead atoms. The maximum atomic E-state index is 5.88. The lowest BCUT2D eigenvalue weighted by Gasteiger charge is -2.15. The number of para-hydroxylation sites is 2. The van der Waals surface area contributed by atoms with Crippen LogP contribution in [0.15, 0.2) is 78.9 Å². The first-order valence-electron chi connectivity index (χ1n) is 8.53. The Morgan fingerprint density at radius 1 is 0.731 bits per heavy atom. The fourth-order valence-corrected chi connectivity index (χ4v) is 3.16. The first-order chi connectivity index (χ1) is 12.8. The molecule has 0 radical (unpaired) electrons. The van der Waals surface area contributed by atoms with Crippen molar-refractivity contribution < 1.29 is 9.47 Å². The molecule has 4 rings (SSSR count). The van der Waals surface area contributed by atoms with Crippen LogP contribution in [0.25, 0.3) is 22.0 Å². The molecule has 0 aliphatic heterocycles. The van der Waals surface area contributed by atoms with Crippen LogP contribution >= 0.6 is 0 Å². The van der Waals surface area contributed by atoms with E-state index in [9.17, 15) is 0 Å². The molecular formula is C23H19NO2. The van der Waals surface area contributed by atoms with E-state index in [4.69, 9.17) is 14.5 Å². The third-order valence-corrected chi connectivity index (χ3v) is 4.35. The number of benzene rings is 3. The molecule has 0 saturated carbocycles. The molecule has 0 amide bonds. The molecule has 128 valence electrons. The molecule has 3 nitrogen and oxygen atoms in total.